The van der Waals surface area contributed by atoms with Gasteiger partial charge >= 0.3 is 5.97 Å². The second kappa shape index (κ2) is 6.43. The van der Waals surface area contributed by atoms with Crippen LogP contribution in [0.4, 0.5) is 0 Å². The summed E-state index contributed by atoms with van der Waals surface area (Å²) in [6.07, 6.45) is 6.92. The van der Waals surface area contributed by atoms with Gasteiger partial charge in [-0.15, -0.1) is 0 Å². The van der Waals surface area contributed by atoms with E-state index < -0.39 is 5.97 Å². The van der Waals surface area contributed by atoms with E-state index in [4.69, 9.17) is 5.11 Å². The average Bonchev–Trinajstić information content (AvgIpc) is 2.34. The topological polar surface area (TPSA) is 57.5 Å². The first-order valence-electron chi connectivity index (χ1n) is 8.84. The highest BCUT2D eigenvalue weighted by molar-refractivity contribution is 5.80. The third kappa shape index (κ3) is 3.55. The highest BCUT2D eigenvalue weighted by atomic mass is 16.4. The fourth-order valence-electron chi connectivity index (χ4n) is 5.66. The average molecular weight is 320 g/mol. The van der Waals surface area contributed by atoms with Crippen LogP contribution in [0, 0.1) is 22.7 Å². The van der Waals surface area contributed by atoms with Crippen LogP contribution in [0.15, 0.2) is 23.8 Å². The van der Waals surface area contributed by atoms with Crippen LogP contribution in [-0.4, -0.2) is 22.3 Å². The van der Waals surface area contributed by atoms with Crippen LogP contribution in [0.25, 0.3) is 0 Å². The molecular formula is C20H32O3. The van der Waals surface area contributed by atoms with Crippen LogP contribution in [0.2, 0.25) is 0 Å². The lowest BCUT2D eigenvalue weighted by Gasteiger charge is -2.59. The molecule has 2 rings (SSSR count). The first kappa shape index (κ1) is 18.3. The number of carboxylic acid groups (broad SMARTS) is 1. The molecule has 0 aromatic heterocycles. The van der Waals surface area contributed by atoms with Crippen molar-refractivity contribution in [1.82, 2.24) is 0 Å². The summed E-state index contributed by atoms with van der Waals surface area (Å²) in [5.74, 6) is -0.209. The minimum atomic E-state index is -0.872. The minimum absolute atomic E-state index is 0.0694. The number of hydrogen-bond acceptors (Lipinski definition) is 2. The van der Waals surface area contributed by atoms with Crippen LogP contribution in [0.5, 0.6) is 0 Å². The molecule has 2 N–H and O–H groups in total. The monoisotopic (exact) mass is 320 g/mol. The van der Waals surface area contributed by atoms with Gasteiger partial charge in [0.15, 0.2) is 0 Å². The summed E-state index contributed by atoms with van der Waals surface area (Å²) in [4.78, 5) is 10.8. The minimum Gasteiger partial charge on any atom is -0.478 e. The van der Waals surface area contributed by atoms with Crippen molar-refractivity contribution in [1.29, 1.82) is 0 Å². The molecule has 3 nitrogen and oxygen atoms in total. The highest BCUT2D eigenvalue weighted by Gasteiger charge is 2.56. The molecule has 2 saturated carbocycles. The zero-order valence-corrected chi connectivity index (χ0v) is 15.1. The van der Waals surface area contributed by atoms with E-state index in [0.29, 0.717) is 18.3 Å². The molecule has 2 aliphatic rings. The molecule has 0 spiro atoms. The van der Waals surface area contributed by atoms with Crippen molar-refractivity contribution in [2.75, 3.05) is 0 Å². The molecule has 0 amide bonds. The number of rotatable bonds is 4. The molecule has 0 aliphatic heterocycles. The quantitative estimate of drug-likeness (QED) is 0.589. The van der Waals surface area contributed by atoms with Gasteiger partial charge in [0.25, 0.3) is 0 Å². The van der Waals surface area contributed by atoms with E-state index in [0.717, 1.165) is 30.4 Å². The second-order valence-corrected chi connectivity index (χ2v) is 8.68. The Balaban J connectivity index is 2.24. The molecule has 4 atom stereocenters. The predicted molar refractivity (Wildman–Crippen MR) is 93.1 cm³/mol. The summed E-state index contributed by atoms with van der Waals surface area (Å²) in [6.45, 7) is 13.1. The lowest BCUT2D eigenvalue weighted by Crippen LogP contribution is -2.55. The van der Waals surface area contributed by atoms with Gasteiger partial charge in [-0.25, -0.2) is 4.79 Å². The maximum absolute atomic E-state index is 10.8. The van der Waals surface area contributed by atoms with E-state index in [1.54, 1.807) is 0 Å². The molecule has 0 aromatic carbocycles. The number of aliphatic carboxylic acids is 1. The van der Waals surface area contributed by atoms with Gasteiger partial charge in [-0.1, -0.05) is 44.9 Å². The normalized spacial score (nSPS) is 37.3. The van der Waals surface area contributed by atoms with Crippen LogP contribution >= 0.6 is 0 Å². The molecular weight excluding hydrogens is 288 g/mol. The SMILES string of the molecule is C=C1C[C@@H](O)[C@@H]2C(C)(C)CCC[C@@]2(C)[C@@H]1CC/C(C)=C/C(=O)O. The number of aliphatic hydroxyl groups is 1. The van der Waals surface area contributed by atoms with E-state index in [1.165, 1.54) is 18.9 Å². The summed E-state index contributed by atoms with van der Waals surface area (Å²) >= 11 is 0. The third-order valence-electron chi connectivity index (χ3n) is 6.43. The Morgan fingerprint density at radius 1 is 1.35 bits per heavy atom. The molecule has 23 heavy (non-hydrogen) atoms. The van der Waals surface area contributed by atoms with Gasteiger partial charge in [-0.05, 0) is 61.7 Å². The molecule has 0 unspecified atom stereocenters. The summed E-state index contributed by atoms with van der Waals surface area (Å²) < 4.78 is 0. The molecule has 0 heterocycles. The van der Waals surface area contributed by atoms with Gasteiger partial charge < -0.3 is 10.2 Å². The first-order valence-corrected chi connectivity index (χ1v) is 8.84. The van der Waals surface area contributed by atoms with Gasteiger partial charge in [-0.3, -0.25) is 0 Å². The highest BCUT2D eigenvalue weighted by Crippen LogP contribution is 2.61. The van der Waals surface area contributed by atoms with E-state index in [-0.39, 0.29) is 16.9 Å². The molecule has 0 aromatic rings. The van der Waals surface area contributed by atoms with E-state index >= 15 is 0 Å². The van der Waals surface area contributed by atoms with Crippen molar-refractivity contribution in [2.24, 2.45) is 22.7 Å². The number of allylic oxidation sites excluding steroid dienone is 1. The fourth-order valence-corrected chi connectivity index (χ4v) is 5.66. The number of fused-ring (bicyclic) bond motifs is 1. The number of hydrogen-bond donors (Lipinski definition) is 2. The van der Waals surface area contributed by atoms with Gasteiger partial charge in [0.1, 0.15) is 0 Å². The summed E-state index contributed by atoms with van der Waals surface area (Å²) in [6, 6.07) is 0. The Labute approximate surface area is 140 Å². The van der Waals surface area contributed by atoms with Crippen molar-refractivity contribution >= 4 is 5.97 Å². The third-order valence-corrected chi connectivity index (χ3v) is 6.43. The Morgan fingerprint density at radius 3 is 2.61 bits per heavy atom. The van der Waals surface area contributed by atoms with Crippen molar-refractivity contribution < 1.29 is 15.0 Å². The number of aliphatic hydroxyl groups excluding tert-OH is 1. The van der Waals surface area contributed by atoms with Crippen LogP contribution < -0.4 is 0 Å². The molecule has 0 bridgehead atoms. The van der Waals surface area contributed by atoms with Gasteiger partial charge in [0.05, 0.1) is 6.10 Å². The summed E-state index contributed by atoms with van der Waals surface area (Å²) in [7, 11) is 0. The van der Waals surface area contributed by atoms with Crippen molar-refractivity contribution in [3.8, 4) is 0 Å². The molecule has 3 heteroatoms. The lowest BCUT2D eigenvalue weighted by atomic mass is 9.46. The fraction of sp³-hybridized carbons (Fsp3) is 0.750. The van der Waals surface area contributed by atoms with Crippen LogP contribution in [0.1, 0.15) is 66.2 Å². The predicted octanol–water partition coefficient (Wildman–Crippen LogP) is 4.57. The Kier molecular flexibility index (Phi) is 5.10. The Hall–Kier alpha value is -1.09. The zero-order chi connectivity index (χ0) is 17.4. The first-order chi connectivity index (χ1) is 10.6. The standard InChI is InChI=1S/C20H32O3/c1-13(11-17(22)23)7-8-15-14(2)12-16(21)18-19(3,4)9-6-10-20(15,18)5/h11,15-16,18,21H,2,6-10,12H2,1,3-5H3,(H,22,23)/b13-11+/t15-,16-,18-,20+/m1/s1. The number of carboxylic acids is 1. The van der Waals surface area contributed by atoms with Gasteiger partial charge in [-0.2, -0.15) is 0 Å². The van der Waals surface area contributed by atoms with Gasteiger partial charge in [0.2, 0.25) is 0 Å². The smallest absolute Gasteiger partial charge is 0.328 e. The van der Waals surface area contributed by atoms with Crippen molar-refractivity contribution in [2.45, 2.75) is 72.3 Å². The van der Waals surface area contributed by atoms with Crippen LogP contribution in [-0.2, 0) is 4.79 Å². The van der Waals surface area contributed by atoms with Crippen molar-refractivity contribution in [3.63, 3.8) is 0 Å². The van der Waals surface area contributed by atoms with Crippen molar-refractivity contribution in [3.05, 3.63) is 23.8 Å². The molecule has 0 saturated heterocycles. The van der Waals surface area contributed by atoms with Crippen LogP contribution in [0.3, 0.4) is 0 Å². The summed E-state index contributed by atoms with van der Waals surface area (Å²) in [5.41, 5.74) is 2.28. The number of carbonyl (C=O) groups is 1. The summed E-state index contributed by atoms with van der Waals surface area (Å²) in [5, 5.41) is 19.6. The second-order valence-electron chi connectivity index (χ2n) is 8.68. The molecule has 0 radical (unpaired) electrons. The maximum Gasteiger partial charge on any atom is 0.328 e. The molecule has 2 aliphatic carbocycles. The maximum atomic E-state index is 10.8. The molecule has 130 valence electrons. The van der Waals surface area contributed by atoms with Gasteiger partial charge in [0, 0.05) is 6.08 Å². The lowest BCUT2D eigenvalue weighted by molar-refractivity contribution is -0.131. The largest absolute Gasteiger partial charge is 0.478 e. The van der Waals surface area contributed by atoms with E-state index in [2.05, 4.69) is 27.4 Å². The van der Waals surface area contributed by atoms with E-state index in [9.17, 15) is 9.90 Å². The zero-order valence-electron chi connectivity index (χ0n) is 15.1. The van der Waals surface area contributed by atoms with E-state index in [1.807, 2.05) is 6.92 Å². The Morgan fingerprint density at radius 2 is 2.00 bits per heavy atom. The molecule has 2 fully saturated rings. The Bertz CT molecular complexity index is 517.